The lowest BCUT2D eigenvalue weighted by Gasteiger charge is -2.17. The van der Waals surface area contributed by atoms with Crippen LogP contribution in [0.2, 0.25) is 0 Å². The molecule has 0 radical (unpaired) electrons. The maximum atomic E-state index is 13.0. The number of carbonyl (C=O) groups is 1. The van der Waals surface area contributed by atoms with E-state index in [1.165, 1.54) is 0 Å². The van der Waals surface area contributed by atoms with Gasteiger partial charge in [-0.25, -0.2) is 18.1 Å². The lowest BCUT2D eigenvalue weighted by molar-refractivity contribution is -0.123. The van der Waals surface area contributed by atoms with Crippen molar-refractivity contribution in [3.05, 3.63) is 71.9 Å². The number of anilines is 3. The predicted octanol–water partition coefficient (Wildman–Crippen LogP) is 2.66. The Kier molecular flexibility index (Phi) is 5.93. The Labute approximate surface area is 198 Å². The molecule has 10 heteroatoms. The second-order valence-corrected chi connectivity index (χ2v) is 10.3. The molecule has 4 N–H and O–H groups in total. The van der Waals surface area contributed by atoms with E-state index in [9.17, 15) is 13.2 Å². The van der Waals surface area contributed by atoms with Gasteiger partial charge in [-0.05, 0) is 43.0 Å². The highest BCUT2D eigenvalue weighted by atomic mass is 32.2. The average molecular weight is 479 g/mol. The summed E-state index contributed by atoms with van der Waals surface area (Å²) < 4.78 is 27.7. The SMILES string of the molecule is O=C(NCc1cnc2nc1NCCCNS(=O)(=O)c1cccc(c1)N2)C1(c2ccccc2)CC1. The van der Waals surface area contributed by atoms with E-state index in [4.69, 9.17) is 0 Å². The van der Waals surface area contributed by atoms with Crippen LogP contribution in [0.4, 0.5) is 17.5 Å². The first-order chi connectivity index (χ1) is 16.5. The van der Waals surface area contributed by atoms with Crippen LogP contribution in [0.15, 0.2) is 65.7 Å². The van der Waals surface area contributed by atoms with Gasteiger partial charge in [-0.15, -0.1) is 0 Å². The van der Waals surface area contributed by atoms with Crippen LogP contribution in [0, 0.1) is 0 Å². The van der Waals surface area contributed by atoms with Gasteiger partial charge in [0.2, 0.25) is 21.9 Å². The zero-order valence-electron chi connectivity index (χ0n) is 18.5. The number of nitrogens with zero attached hydrogens (tertiary/aromatic N) is 2. The molecule has 5 rings (SSSR count). The van der Waals surface area contributed by atoms with Crippen LogP contribution in [-0.2, 0) is 26.8 Å². The second kappa shape index (κ2) is 9.03. The van der Waals surface area contributed by atoms with Gasteiger partial charge in [0.15, 0.2) is 0 Å². The number of hydrogen-bond acceptors (Lipinski definition) is 7. The van der Waals surface area contributed by atoms with Crippen LogP contribution in [-0.4, -0.2) is 37.4 Å². The average Bonchev–Trinajstić information content (AvgIpc) is 3.66. The largest absolute Gasteiger partial charge is 0.370 e. The van der Waals surface area contributed by atoms with Crippen LogP contribution >= 0.6 is 0 Å². The van der Waals surface area contributed by atoms with Gasteiger partial charge < -0.3 is 16.0 Å². The highest BCUT2D eigenvalue weighted by Crippen LogP contribution is 2.48. The number of aromatic nitrogens is 2. The summed E-state index contributed by atoms with van der Waals surface area (Å²) >= 11 is 0. The van der Waals surface area contributed by atoms with Gasteiger partial charge in [0.05, 0.1) is 10.3 Å². The topological polar surface area (TPSA) is 125 Å². The van der Waals surface area contributed by atoms with Crippen molar-refractivity contribution >= 4 is 33.4 Å². The standard InChI is InChI=1S/C24H26N6O3S/c31-22(24(10-11-24)18-6-2-1-3-7-18)26-15-17-16-27-23-29-19-8-4-9-20(14-19)34(32,33)28-13-5-12-25-21(17)30-23/h1-4,6-9,14,16,28H,5,10-13,15H2,(H,26,31)(H2,25,27,29,30). The van der Waals surface area contributed by atoms with Crippen LogP contribution < -0.4 is 20.7 Å². The smallest absolute Gasteiger partial charge is 0.240 e. The fraction of sp³-hybridized carbons (Fsp3) is 0.292. The van der Waals surface area contributed by atoms with E-state index >= 15 is 0 Å². The molecule has 4 bridgehead atoms. The molecule has 2 aliphatic rings. The van der Waals surface area contributed by atoms with Crippen LogP contribution in [0.25, 0.3) is 0 Å². The monoisotopic (exact) mass is 478 g/mol. The number of carbonyl (C=O) groups excluding carboxylic acids is 1. The number of sulfonamides is 1. The number of fused-ring (bicyclic) bond motifs is 4. The van der Waals surface area contributed by atoms with E-state index in [0.29, 0.717) is 30.4 Å². The van der Waals surface area contributed by atoms with Crippen molar-refractivity contribution in [3.63, 3.8) is 0 Å². The molecule has 0 spiro atoms. The molecule has 2 heterocycles. The number of amides is 1. The van der Waals surface area contributed by atoms with Gasteiger partial charge in [-0.1, -0.05) is 36.4 Å². The van der Waals surface area contributed by atoms with Gasteiger partial charge >= 0.3 is 0 Å². The van der Waals surface area contributed by atoms with Gasteiger partial charge in [-0.2, -0.15) is 4.98 Å². The van der Waals surface area contributed by atoms with Crippen molar-refractivity contribution in [3.8, 4) is 0 Å². The van der Waals surface area contributed by atoms with Crippen molar-refractivity contribution in [2.24, 2.45) is 0 Å². The molecule has 176 valence electrons. The van der Waals surface area contributed by atoms with Crippen molar-refractivity contribution in [1.82, 2.24) is 20.0 Å². The minimum Gasteiger partial charge on any atom is -0.370 e. The first kappa shape index (κ1) is 22.3. The third-order valence-electron chi connectivity index (χ3n) is 6.15. The van der Waals surface area contributed by atoms with E-state index in [2.05, 4.69) is 30.6 Å². The maximum Gasteiger partial charge on any atom is 0.240 e. The van der Waals surface area contributed by atoms with Crippen molar-refractivity contribution in [1.29, 1.82) is 0 Å². The lowest BCUT2D eigenvalue weighted by Crippen LogP contribution is -2.34. The second-order valence-electron chi connectivity index (χ2n) is 8.53. The highest BCUT2D eigenvalue weighted by molar-refractivity contribution is 7.89. The molecule has 3 aromatic rings. The van der Waals surface area contributed by atoms with Crippen LogP contribution in [0.1, 0.15) is 30.4 Å². The van der Waals surface area contributed by atoms with Crippen molar-refractivity contribution in [2.45, 2.75) is 36.1 Å². The van der Waals surface area contributed by atoms with E-state index in [0.717, 1.165) is 24.0 Å². The normalized spacial score (nSPS) is 18.1. The molecule has 2 aromatic carbocycles. The Balaban J connectivity index is 1.35. The molecule has 1 aliphatic heterocycles. The molecule has 9 nitrogen and oxygen atoms in total. The molecule has 1 aliphatic carbocycles. The molecule has 1 fully saturated rings. The third kappa shape index (κ3) is 4.59. The van der Waals surface area contributed by atoms with E-state index in [1.54, 1.807) is 30.5 Å². The molecule has 0 saturated heterocycles. The fourth-order valence-electron chi connectivity index (χ4n) is 4.08. The molecule has 0 unspecified atom stereocenters. The molecule has 1 aromatic heterocycles. The Hall–Kier alpha value is -3.50. The Bertz CT molecular complexity index is 1310. The molecular weight excluding hydrogens is 452 g/mol. The van der Waals surface area contributed by atoms with E-state index in [-0.39, 0.29) is 23.9 Å². The maximum absolute atomic E-state index is 13.0. The third-order valence-corrected chi connectivity index (χ3v) is 7.61. The quantitative estimate of drug-likeness (QED) is 0.454. The van der Waals surface area contributed by atoms with E-state index in [1.807, 2.05) is 30.3 Å². The zero-order valence-corrected chi connectivity index (χ0v) is 19.4. The Morgan fingerprint density at radius 1 is 1.06 bits per heavy atom. The zero-order chi connectivity index (χ0) is 23.6. The van der Waals surface area contributed by atoms with Gasteiger partial charge in [-0.3, -0.25) is 4.79 Å². The van der Waals surface area contributed by atoms with Crippen LogP contribution in [0.3, 0.4) is 0 Å². The molecule has 0 atom stereocenters. The van der Waals surface area contributed by atoms with E-state index < -0.39 is 15.4 Å². The summed E-state index contributed by atoms with van der Waals surface area (Å²) in [6.07, 6.45) is 3.91. The van der Waals surface area contributed by atoms with Gasteiger partial charge in [0.25, 0.3) is 0 Å². The summed E-state index contributed by atoms with van der Waals surface area (Å²) in [5, 5.41) is 9.38. The molecule has 1 saturated carbocycles. The van der Waals surface area contributed by atoms with Crippen LogP contribution in [0.5, 0.6) is 0 Å². The minimum absolute atomic E-state index is 0.00367. The lowest BCUT2D eigenvalue weighted by atomic mass is 9.95. The fourth-order valence-corrected chi connectivity index (χ4v) is 5.20. The molecule has 1 amide bonds. The van der Waals surface area contributed by atoms with Gasteiger partial charge in [0, 0.05) is 37.1 Å². The Morgan fingerprint density at radius 3 is 2.68 bits per heavy atom. The number of benzene rings is 2. The molecular formula is C24H26N6O3S. The number of rotatable bonds is 4. The number of hydrogen-bond donors (Lipinski definition) is 4. The summed E-state index contributed by atoms with van der Waals surface area (Å²) in [6.45, 7) is 1.08. The summed E-state index contributed by atoms with van der Waals surface area (Å²) in [6, 6.07) is 16.4. The van der Waals surface area contributed by atoms with Crippen molar-refractivity contribution < 1.29 is 13.2 Å². The predicted molar refractivity (Wildman–Crippen MR) is 129 cm³/mol. The first-order valence-electron chi connectivity index (χ1n) is 11.3. The molecule has 34 heavy (non-hydrogen) atoms. The highest BCUT2D eigenvalue weighted by Gasteiger charge is 2.50. The Morgan fingerprint density at radius 2 is 1.88 bits per heavy atom. The minimum atomic E-state index is -3.60. The van der Waals surface area contributed by atoms with Crippen molar-refractivity contribution in [2.75, 3.05) is 23.7 Å². The first-order valence-corrected chi connectivity index (χ1v) is 12.7. The summed E-state index contributed by atoms with van der Waals surface area (Å²) in [5.41, 5.74) is 1.91. The summed E-state index contributed by atoms with van der Waals surface area (Å²) in [5.74, 6) is 0.937. The number of nitrogens with one attached hydrogen (secondary N) is 4. The van der Waals surface area contributed by atoms with Gasteiger partial charge in [0.1, 0.15) is 5.82 Å². The summed E-state index contributed by atoms with van der Waals surface area (Å²) in [4.78, 5) is 22.2. The summed E-state index contributed by atoms with van der Waals surface area (Å²) in [7, 11) is -3.60.